The number of ether oxygens (including phenoxy) is 1. The van der Waals surface area contributed by atoms with E-state index in [9.17, 15) is 4.79 Å². The smallest absolute Gasteiger partial charge is 0.272 e. The van der Waals surface area contributed by atoms with Crippen LogP contribution in [0.25, 0.3) is 16.9 Å². The predicted octanol–water partition coefficient (Wildman–Crippen LogP) is 3.71. The molecule has 0 unspecified atom stereocenters. The lowest BCUT2D eigenvalue weighted by molar-refractivity contribution is 0.0955. The van der Waals surface area contributed by atoms with Crippen LogP contribution in [0.1, 0.15) is 15.9 Å². The van der Waals surface area contributed by atoms with Crippen molar-refractivity contribution in [2.24, 2.45) is 5.10 Å². The SMILES string of the molecule is COc1ccccc1-c1nn(-c2ccccc2)cc1/C=N\NC(=O)c1cccnc1. The van der Waals surface area contributed by atoms with Crippen LogP contribution in [-0.2, 0) is 0 Å². The summed E-state index contributed by atoms with van der Waals surface area (Å²) < 4.78 is 7.27. The summed E-state index contributed by atoms with van der Waals surface area (Å²) in [5, 5.41) is 8.86. The molecule has 7 nitrogen and oxygen atoms in total. The maximum Gasteiger partial charge on any atom is 0.272 e. The van der Waals surface area contributed by atoms with Gasteiger partial charge in [0.05, 0.1) is 24.6 Å². The van der Waals surface area contributed by atoms with Gasteiger partial charge in [0, 0.05) is 29.7 Å². The topological polar surface area (TPSA) is 81.4 Å². The van der Waals surface area contributed by atoms with Crippen molar-refractivity contribution in [3.8, 4) is 22.7 Å². The largest absolute Gasteiger partial charge is 0.496 e. The molecule has 0 radical (unpaired) electrons. The van der Waals surface area contributed by atoms with E-state index in [1.807, 2.05) is 60.8 Å². The Labute approximate surface area is 173 Å². The van der Waals surface area contributed by atoms with E-state index < -0.39 is 0 Å². The number of para-hydroxylation sites is 2. The van der Waals surface area contributed by atoms with Gasteiger partial charge in [-0.2, -0.15) is 10.2 Å². The molecule has 0 aliphatic heterocycles. The number of pyridine rings is 1. The van der Waals surface area contributed by atoms with E-state index in [1.54, 1.807) is 36.3 Å². The lowest BCUT2D eigenvalue weighted by atomic mass is 10.1. The van der Waals surface area contributed by atoms with Gasteiger partial charge in [-0.1, -0.05) is 30.3 Å². The first-order chi connectivity index (χ1) is 14.8. The van der Waals surface area contributed by atoms with Gasteiger partial charge in [-0.25, -0.2) is 10.1 Å². The molecule has 1 amide bonds. The Morgan fingerprint density at radius 1 is 1.07 bits per heavy atom. The van der Waals surface area contributed by atoms with Crippen molar-refractivity contribution in [2.75, 3.05) is 7.11 Å². The fraction of sp³-hybridized carbons (Fsp3) is 0.0435. The van der Waals surface area contributed by atoms with Gasteiger partial charge >= 0.3 is 0 Å². The van der Waals surface area contributed by atoms with Crippen LogP contribution in [-0.4, -0.2) is 34.0 Å². The van der Waals surface area contributed by atoms with Crippen molar-refractivity contribution in [2.45, 2.75) is 0 Å². The van der Waals surface area contributed by atoms with Crippen LogP contribution in [0.5, 0.6) is 5.75 Å². The second-order valence-corrected chi connectivity index (χ2v) is 6.35. The third kappa shape index (κ3) is 4.10. The van der Waals surface area contributed by atoms with Crippen LogP contribution in [0.3, 0.4) is 0 Å². The average Bonchev–Trinajstić information content (AvgIpc) is 3.24. The number of nitrogens with one attached hydrogen (secondary N) is 1. The summed E-state index contributed by atoms with van der Waals surface area (Å²) >= 11 is 0. The van der Waals surface area contributed by atoms with Crippen molar-refractivity contribution in [1.82, 2.24) is 20.2 Å². The number of benzene rings is 2. The summed E-state index contributed by atoms with van der Waals surface area (Å²) in [6.07, 6.45) is 6.52. The van der Waals surface area contributed by atoms with Crippen LogP contribution >= 0.6 is 0 Å². The number of carbonyl (C=O) groups is 1. The second-order valence-electron chi connectivity index (χ2n) is 6.35. The van der Waals surface area contributed by atoms with Gasteiger partial charge in [-0.05, 0) is 36.4 Å². The van der Waals surface area contributed by atoms with Crippen molar-refractivity contribution >= 4 is 12.1 Å². The fourth-order valence-electron chi connectivity index (χ4n) is 2.97. The van der Waals surface area contributed by atoms with Crippen LogP contribution in [0, 0.1) is 0 Å². The Morgan fingerprint density at radius 2 is 1.87 bits per heavy atom. The van der Waals surface area contributed by atoms with Gasteiger partial charge in [-0.15, -0.1) is 0 Å². The zero-order chi connectivity index (χ0) is 20.8. The third-order valence-electron chi connectivity index (χ3n) is 4.42. The molecule has 0 spiro atoms. The molecule has 148 valence electrons. The number of carbonyl (C=O) groups excluding carboxylic acids is 1. The molecule has 2 aromatic heterocycles. The van der Waals surface area contributed by atoms with Crippen molar-refractivity contribution in [1.29, 1.82) is 0 Å². The summed E-state index contributed by atoms with van der Waals surface area (Å²) in [4.78, 5) is 16.2. The van der Waals surface area contributed by atoms with Crippen molar-refractivity contribution in [3.05, 3.63) is 96.4 Å². The number of aromatic nitrogens is 3. The lowest BCUT2D eigenvalue weighted by Crippen LogP contribution is -2.17. The van der Waals surface area contributed by atoms with E-state index in [0.29, 0.717) is 17.0 Å². The van der Waals surface area contributed by atoms with E-state index in [0.717, 1.165) is 16.8 Å². The number of rotatable bonds is 6. The van der Waals surface area contributed by atoms with Gasteiger partial charge < -0.3 is 4.74 Å². The number of hydrazone groups is 1. The van der Waals surface area contributed by atoms with E-state index in [4.69, 9.17) is 9.84 Å². The molecule has 0 saturated carbocycles. The molecule has 0 aliphatic carbocycles. The highest BCUT2D eigenvalue weighted by atomic mass is 16.5. The number of nitrogens with zero attached hydrogens (tertiary/aromatic N) is 4. The number of methoxy groups -OCH3 is 1. The average molecular weight is 397 g/mol. The second kappa shape index (κ2) is 8.83. The molecule has 0 aliphatic rings. The van der Waals surface area contributed by atoms with Gasteiger partial charge in [0.25, 0.3) is 5.91 Å². The molecule has 7 heteroatoms. The summed E-state index contributed by atoms with van der Waals surface area (Å²) in [5.74, 6) is 0.360. The van der Waals surface area contributed by atoms with Crippen LogP contribution in [0.15, 0.2) is 90.4 Å². The summed E-state index contributed by atoms with van der Waals surface area (Å²) in [6.45, 7) is 0. The Bertz CT molecular complexity index is 1170. The van der Waals surface area contributed by atoms with E-state index in [1.165, 1.54) is 6.20 Å². The molecule has 30 heavy (non-hydrogen) atoms. The highest BCUT2D eigenvalue weighted by molar-refractivity contribution is 5.95. The maximum absolute atomic E-state index is 12.2. The minimum atomic E-state index is -0.339. The van der Waals surface area contributed by atoms with Crippen molar-refractivity contribution < 1.29 is 9.53 Å². The van der Waals surface area contributed by atoms with Gasteiger partial charge in [0.2, 0.25) is 0 Å². The quantitative estimate of drug-likeness (QED) is 0.397. The molecule has 0 fully saturated rings. The highest BCUT2D eigenvalue weighted by Gasteiger charge is 2.15. The Hall–Kier alpha value is -4.26. The van der Waals surface area contributed by atoms with E-state index in [2.05, 4.69) is 15.5 Å². The zero-order valence-electron chi connectivity index (χ0n) is 16.3. The van der Waals surface area contributed by atoms with Crippen LogP contribution in [0.4, 0.5) is 0 Å². The molecule has 0 atom stereocenters. The van der Waals surface area contributed by atoms with Gasteiger partial charge in [0.15, 0.2) is 0 Å². The molecule has 2 aromatic carbocycles. The predicted molar refractivity (Wildman–Crippen MR) is 115 cm³/mol. The molecule has 4 aromatic rings. The number of amides is 1. The first kappa shape index (κ1) is 19.1. The standard InChI is InChI=1S/C23H19N5O2/c1-30-21-12-6-5-11-20(21)22-18(16-28(27-22)19-9-3-2-4-10-19)15-25-26-23(29)17-8-7-13-24-14-17/h2-16H,1H3,(H,26,29)/b25-15-. The van der Waals surface area contributed by atoms with Gasteiger partial charge in [0.1, 0.15) is 11.4 Å². The third-order valence-corrected chi connectivity index (χ3v) is 4.42. The lowest BCUT2D eigenvalue weighted by Gasteiger charge is -2.06. The Kier molecular flexibility index (Phi) is 5.61. The minimum Gasteiger partial charge on any atom is -0.496 e. The Balaban J connectivity index is 1.69. The maximum atomic E-state index is 12.2. The summed E-state index contributed by atoms with van der Waals surface area (Å²) in [5.41, 5.74) is 6.12. The molecular weight excluding hydrogens is 378 g/mol. The summed E-state index contributed by atoms with van der Waals surface area (Å²) in [7, 11) is 1.62. The van der Waals surface area contributed by atoms with Gasteiger partial charge in [-0.3, -0.25) is 9.78 Å². The molecule has 0 saturated heterocycles. The monoisotopic (exact) mass is 397 g/mol. The van der Waals surface area contributed by atoms with Crippen LogP contribution in [0.2, 0.25) is 0 Å². The van der Waals surface area contributed by atoms with E-state index in [-0.39, 0.29) is 5.91 Å². The fourth-order valence-corrected chi connectivity index (χ4v) is 2.97. The van der Waals surface area contributed by atoms with Crippen LogP contribution < -0.4 is 10.2 Å². The Morgan fingerprint density at radius 3 is 2.63 bits per heavy atom. The first-order valence-electron chi connectivity index (χ1n) is 9.28. The zero-order valence-corrected chi connectivity index (χ0v) is 16.3. The van der Waals surface area contributed by atoms with E-state index >= 15 is 0 Å². The van der Waals surface area contributed by atoms with Crippen molar-refractivity contribution in [3.63, 3.8) is 0 Å². The number of hydrogen-bond donors (Lipinski definition) is 1. The molecule has 4 rings (SSSR count). The first-order valence-corrected chi connectivity index (χ1v) is 9.28. The highest BCUT2D eigenvalue weighted by Crippen LogP contribution is 2.31. The normalized spacial score (nSPS) is 10.8. The molecule has 1 N–H and O–H groups in total. The molecular formula is C23H19N5O2. The summed E-state index contributed by atoms with van der Waals surface area (Å²) in [6, 6.07) is 20.8. The number of hydrogen-bond acceptors (Lipinski definition) is 5. The minimum absolute atomic E-state index is 0.339. The molecule has 2 heterocycles. The molecule has 0 bridgehead atoms.